The Morgan fingerprint density at radius 3 is 2.92 bits per heavy atom. The van der Waals surface area contributed by atoms with E-state index in [0.717, 1.165) is 11.8 Å². The molecule has 0 heteroatoms. The van der Waals surface area contributed by atoms with Crippen LogP contribution in [0.25, 0.3) is 0 Å². The molecule has 0 heterocycles. The second kappa shape index (κ2) is 3.08. The SMILES string of the molecule is C=C1CC2C=C(CC)CC(C1)C2. The second-order valence-electron chi connectivity index (χ2n) is 4.40. The molecule has 0 nitrogen and oxygen atoms in total. The van der Waals surface area contributed by atoms with E-state index in [-0.39, 0.29) is 0 Å². The third-order valence-electron chi connectivity index (χ3n) is 3.24. The van der Waals surface area contributed by atoms with E-state index in [1.165, 1.54) is 37.7 Å². The second-order valence-corrected chi connectivity index (χ2v) is 4.40. The van der Waals surface area contributed by atoms with Gasteiger partial charge < -0.3 is 0 Å². The van der Waals surface area contributed by atoms with E-state index in [0.29, 0.717) is 0 Å². The molecule has 0 aromatic rings. The van der Waals surface area contributed by atoms with Gasteiger partial charge in [0.15, 0.2) is 0 Å². The molecule has 0 spiro atoms. The summed E-state index contributed by atoms with van der Waals surface area (Å²) >= 11 is 0. The fourth-order valence-electron chi connectivity index (χ4n) is 2.77. The lowest BCUT2D eigenvalue weighted by molar-refractivity contribution is 0.334. The Hall–Kier alpha value is -0.520. The highest BCUT2D eigenvalue weighted by molar-refractivity contribution is 5.17. The smallest absolute Gasteiger partial charge is 0.0191 e. The van der Waals surface area contributed by atoms with Crippen molar-refractivity contribution in [1.29, 1.82) is 0 Å². The number of rotatable bonds is 1. The fourth-order valence-corrected chi connectivity index (χ4v) is 2.77. The first-order chi connectivity index (χ1) is 5.78. The number of hydrogen-bond acceptors (Lipinski definition) is 0. The van der Waals surface area contributed by atoms with E-state index < -0.39 is 0 Å². The van der Waals surface area contributed by atoms with E-state index in [4.69, 9.17) is 0 Å². The molecule has 12 heavy (non-hydrogen) atoms. The summed E-state index contributed by atoms with van der Waals surface area (Å²) in [5.74, 6) is 1.79. The molecule has 2 unspecified atom stereocenters. The van der Waals surface area contributed by atoms with Crippen LogP contribution in [0.1, 0.15) is 39.0 Å². The Morgan fingerprint density at radius 2 is 2.25 bits per heavy atom. The van der Waals surface area contributed by atoms with Gasteiger partial charge in [0, 0.05) is 0 Å². The van der Waals surface area contributed by atoms with Crippen LogP contribution in [0.2, 0.25) is 0 Å². The van der Waals surface area contributed by atoms with Crippen LogP contribution >= 0.6 is 0 Å². The Bertz CT molecular complexity index is 222. The third kappa shape index (κ3) is 1.48. The van der Waals surface area contributed by atoms with Crippen molar-refractivity contribution in [3.8, 4) is 0 Å². The van der Waals surface area contributed by atoms with E-state index >= 15 is 0 Å². The molecule has 2 aliphatic rings. The molecule has 0 saturated heterocycles. The molecule has 2 rings (SSSR count). The largest absolute Gasteiger partial charge is 0.0998 e. The molecule has 0 radical (unpaired) electrons. The van der Waals surface area contributed by atoms with Crippen molar-refractivity contribution in [3.63, 3.8) is 0 Å². The average molecular weight is 162 g/mol. The van der Waals surface area contributed by atoms with Gasteiger partial charge in [-0.3, -0.25) is 0 Å². The molecular weight excluding hydrogens is 144 g/mol. The van der Waals surface area contributed by atoms with Crippen molar-refractivity contribution in [2.24, 2.45) is 11.8 Å². The lowest BCUT2D eigenvalue weighted by Crippen LogP contribution is -2.20. The molecule has 1 saturated carbocycles. The minimum Gasteiger partial charge on any atom is -0.0998 e. The van der Waals surface area contributed by atoms with E-state index in [1.807, 2.05) is 0 Å². The molecular formula is C12H18. The van der Waals surface area contributed by atoms with Crippen molar-refractivity contribution in [2.45, 2.75) is 39.0 Å². The van der Waals surface area contributed by atoms with Crippen LogP contribution in [0, 0.1) is 11.8 Å². The summed E-state index contributed by atoms with van der Waals surface area (Å²) in [5, 5.41) is 0. The zero-order chi connectivity index (χ0) is 8.55. The van der Waals surface area contributed by atoms with Gasteiger partial charge in [0.25, 0.3) is 0 Å². The molecule has 0 aliphatic heterocycles. The first-order valence-corrected chi connectivity index (χ1v) is 5.14. The third-order valence-corrected chi connectivity index (χ3v) is 3.24. The standard InChI is InChI=1S/C12H18/c1-3-10-6-11-4-9(2)5-12(7-10)8-11/h6,11-12H,2-5,7-8H2,1H3. The van der Waals surface area contributed by atoms with Gasteiger partial charge in [-0.25, -0.2) is 0 Å². The van der Waals surface area contributed by atoms with Crippen LogP contribution in [-0.4, -0.2) is 0 Å². The van der Waals surface area contributed by atoms with Crippen molar-refractivity contribution >= 4 is 0 Å². The van der Waals surface area contributed by atoms with E-state index in [9.17, 15) is 0 Å². The summed E-state index contributed by atoms with van der Waals surface area (Å²) in [5.41, 5.74) is 3.19. The molecule has 2 atom stereocenters. The summed E-state index contributed by atoms with van der Waals surface area (Å²) in [6.07, 6.45) is 9.13. The van der Waals surface area contributed by atoms with Crippen molar-refractivity contribution in [3.05, 3.63) is 23.8 Å². The predicted octanol–water partition coefficient (Wildman–Crippen LogP) is 3.70. The van der Waals surface area contributed by atoms with Gasteiger partial charge in [-0.1, -0.05) is 30.7 Å². The van der Waals surface area contributed by atoms with Gasteiger partial charge in [-0.05, 0) is 43.9 Å². The maximum absolute atomic E-state index is 4.12. The molecule has 0 amide bonds. The summed E-state index contributed by atoms with van der Waals surface area (Å²) in [6.45, 7) is 6.40. The van der Waals surface area contributed by atoms with Crippen molar-refractivity contribution < 1.29 is 0 Å². The summed E-state index contributed by atoms with van der Waals surface area (Å²) in [6, 6.07) is 0. The lowest BCUT2D eigenvalue weighted by atomic mass is 9.71. The molecule has 2 bridgehead atoms. The van der Waals surface area contributed by atoms with Gasteiger partial charge in [0.05, 0.1) is 0 Å². The molecule has 1 fully saturated rings. The normalized spacial score (nSPS) is 34.8. The maximum Gasteiger partial charge on any atom is -0.0191 e. The zero-order valence-corrected chi connectivity index (χ0v) is 7.97. The highest BCUT2D eigenvalue weighted by Crippen LogP contribution is 2.41. The minimum atomic E-state index is 0.847. The van der Waals surface area contributed by atoms with Crippen molar-refractivity contribution in [2.75, 3.05) is 0 Å². The van der Waals surface area contributed by atoms with Crippen LogP contribution in [0.5, 0.6) is 0 Å². The lowest BCUT2D eigenvalue weighted by Gasteiger charge is -2.34. The van der Waals surface area contributed by atoms with Gasteiger partial charge in [-0.15, -0.1) is 0 Å². The molecule has 2 aliphatic carbocycles. The zero-order valence-electron chi connectivity index (χ0n) is 7.97. The Kier molecular flexibility index (Phi) is 2.08. The number of hydrogen-bond donors (Lipinski definition) is 0. The number of fused-ring (bicyclic) bond motifs is 2. The molecule has 0 N–H and O–H groups in total. The van der Waals surface area contributed by atoms with Crippen molar-refractivity contribution in [1.82, 2.24) is 0 Å². The number of allylic oxidation sites excluding steroid dienone is 3. The van der Waals surface area contributed by atoms with Crippen LogP contribution in [0.4, 0.5) is 0 Å². The molecule has 66 valence electrons. The molecule has 0 aromatic carbocycles. The van der Waals surface area contributed by atoms with Crippen LogP contribution < -0.4 is 0 Å². The van der Waals surface area contributed by atoms with Crippen LogP contribution in [-0.2, 0) is 0 Å². The summed E-state index contributed by atoms with van der Waals surface area (Å²) < 4.78 is 0. The average Bonchev–Trinajstić information content (AvgIpc) is 2.02. The van der Waals surface area contributed by atoms with Gasteiger partial charge >= 0.3 is 0 Å². The monoisotopic (exact) mass is 162 g/mol. The van der Waals surface area contributed by atoms with Crippen LogP contribution in [0.15, 0.2) is 23.8 Å². The van der Waals surface area contributed by atoms with Crippen LogP contribution in [0.3, 0.4) is 0 Å². The Labute approximate surface area is 75.4 Å². The Morgan fingerprint density at radius 1 is 1.42 bits per heavy atom. The van der Waals surface area contributed by atoms with E-state index in [1.54, 1.807) is 5.57 Å². The predicted molar refractivity (Wildman–Crippen MR) is 53.0 cm³/mol. The maximum atomic E-state index is 4.12. The minimum absolute atomic E-state index is 0.847. The fraction of sp³-hybridized carbons (Fsp3) is 0.667. The highest BCUT2D eigenvalue weighted by Gasteiger charge is 2.27. The van der Waals surface area contributed by atoms with Gasteiger partial charge in [0.2, 0.25) is 0 Å². The molecule has 0 aromatic heterocycles. The quantitative estimate of drug-likeness (QED) is 0.516. The highest BCUT2D eigenvalue weighted by atomic mass is 14.3. The first-order valence-electron chi connectivity index (χ1n) is 5.14. The van der Waals surface area contributed by atoms with Gasteiger partial charge in [0.1, 0.15) is 0 Å². The Balaban J connectivity index is 2.14. The van der Waals surface area contributed by atoms with E-state index in [2.05, 4.69) is 19.6 Å². The van der Waals surface area contributed by atoms with Gasteiger partial charge in [-0.2, -0.15) is 0 Å². The summed E-state index contributed by atoms with van der Waals surface area (Å²) in [4.78, 5) is 0. The summed E-state index contributed by atoms with van der Waals surface area (Å²) in [7, 11) is 0. The topological polar surface area (TPSA) is 0 Å². The first kappa shape index (κ1) is 8.10.